The summed E-state index contributed by atoms with van der Waals surface area (Å²) in [5.74, 6) is 0.544. The second-order valence-electron chi connectivity index (χ2n) is 4.21. The Morgan fingerprint density at radius 2 is 1.62 bits per heavy atom. The van der Waals surface area contributed by atoms with Gasteiger partial charge in [-0.3, -0.25) is 0 Å². The molecule has 0 heterocycles. The lowest BCUT2D eigenvalue weighted by molar-refractivity contribution is 0.445. The zero-order valence-electron chi connectivity index (χ0n) is 8.96. The fourth-order valence-electron chi connectivity index (χ4n) is 2.38. The molecule has 1 saturated carbocycles. The molecule has 2 N–H and O–H groups in total. The molecule has 1 aliphatic rings. The van der Waals surface area contributed by atoms with Crippen molar-refractivity contribution in [1.82, 2.24) is 0 Å². The van der Waals surface area contributed by atoms with E-state index in [1.165, 1.54) is 25.7 Å². The number of nitrogens with two attached hydrogens (primary N) is 1. The van der Waals surface area contributed by atoms with Crippen LogP contribution < -0.4 is 5.73 Å². The van der Waals surface area contributed by atoms with Gasteiger partial charge in [-0.05, 0) is 30.9 Å². The van der Waals surface area contributed by atoms with Gasteiger partial charge in [0.2, 0.25) is 0 Å². The summed E-state index contributed by atoms with van der Waals surface area (Å²) < 4.78 is 0. The summed E-state index contributed by atoms with van der Waals surface area (Å²) in [7, 11) is 0. The topological polar surface area (TPSA) is 26.0 Å². The average Bonchev–Trinajstić information content (AvgIpc) is 2.69. The second kappa shape index (κ2) is 6.11. The highest BCUT2D eigenvalue weighted by molar-refractivity contribution is 6.36. The van der Waals surface area contributed by atoms with Crippen molar-refractivity contribution in [2.24, 2.45) is 11.7 Å². The third-order valence-electron chi connectivity index (χ3n) is 3.24. The fraction of sp³-hybridized carbons (Fsp3) is 0.500. The van der Waals surface area contributed by atoms with Gasteiger partial charge in [0.25, 0.3) is 0 Å². The molecule has 0 saturated heterocycles. The van der Waals surface area contributed by atoms with E-state index in [0.717, 1.165) is 5.56 Å². The van der Waals surface area contributed by atoms with Gasteiger partial charge in [-0.15, -0.1) is 12.4 Å². The van der Waals surface area contributed by atoms with Crippen LogP contribution in [0.1, 0.15) is 37.3 Å². The summed E-state index contributed by atoms with van der Waals surface area (Å²) in [6.07, 6.45) is 4.95. The standard InChI is InChI=1S/C12H15Cl2N.ClH/c13-9-6-3-7-10(14)11(9)12(15)8-4-1-2-5-8;/h3,6-8,12H,1-2,4-5,15H2;1H/t12-;/m0./s1. The van der Waals surface area contributed by atoms with Crippen molar-refractivity contribution >= 4 is 35.6 Å². The van der Waals surface area contributed by atoms with Crippen LogP contribution >= 0.6 is 35.6 Å². The van der Waals surface area contributed by atoms with Gasteiger partial charge in [0.05, 0.1) is 0 Å². The highest BCUT2D eigenvalue weighted by Crippen LogP contribution is 2.39. The molecule has 1 aromatic rings. The summed E-state index contributed by atoms with van der Waals surface area (Å²) in [6.45, 7) is 0. The molecule has 0 amide bonds. The lowest BCUT2D eigenvalue weighted by Gasteiger charge is -2.21. The lowest BCUT2D eigenvalue weighted by Crippen LogP contribution is -2.19. The smallest absolute Gasteiger partial charge is 0.0468 e. The number of benzene rings is 1. The molecule has 16 heavy (non-hydrogen) atoms. The molecule has 1 atom stereocenters. The molecule has 0 aromatic heterocycles. The fourth-order valence-corrected chi connectivity index (χ4v) is 3.03. The van der Waals surface area contributed by atoms with Crippen molar-refractivity contribution in [3.8, 4) is 0 Å². The first-order valence-electron chi connectivity index (χ1n) is 5.39. The van der Waals surface area contributed by atoms with Crippen LogP contribution in [0.15, 0.2) is 18.2 Å². The van der Waals surface area contributed by atoms with Crippen LogP contribution in [-0.4, -0.2) is 0 Å². The normalized spacial score (nSPS) is 18.2. The number of halogens is 3. The minimum absolute atomic E-state index is 0. The maximum atomic E-state index is 6.23. The van der Waals surface area contributed by atoms with Crippen LogP contribution in [0.3, 0.4) is 0 Å². The van der Waals surface area contributed by atoms with E-state index in [1.54, 1.807) is 0 Å². The molecule has 4 heteroatoms. The Labute approximate surface area is 113 Å². The molecule has 1 fully saturated rings. The van der Waals surface area contributed by atoms with Gasteiger partial charge in [-0.25, -0.2) is 0 Å². The van der Waals surface area contributed by atoms with Crippen molar-refractivity contribution < 1.29 is 0 Å². The molecule has 0 bridgehead atoms. The minimum Gasteiger partial charge on any atom is -0.324 e. The zero-order valence-corrected chi connectivity index (χ0v) is 11.3. The predicted octanol–water partition coefficient (Wildman–Crippen LogP) is 4.61. The Balaban J connectivity index is 0.00000128. The van der Waals surface area contributed by atoms with Crippen molar-refractivity contribution in [2.75, 3.05) is 0 Å². The van der Waals surface area contributed by atoms with E-state index in [2.05, 4.69) is 0 Å². The van der Waals surface area contributed by atoms with E-state index in [0.29, 0.717) is 16.0 Å². The Bertz CT molecular complexity index is 328. The Morgan fingerprint density at radius 3 is 2.12 bits per heavy atom. The minimum atomic E-state index is -0.00583. The van der Waals surface area contributed by atoms with Crippen molar-refractivity contribution in [2.45, 2.75) is 31.7 Å². The van der Waals surface area contributed by atoms with Crippen LogP contribution in [0.2, 0.25) is 10.0 Å². The first-order valence-corrected chi connectivity index (χ1v) is 6.15. The summed E-state index contributed by atoms with van der Waals surface area (Å²) in [5, 5.41) is 1.39. The van der Waals surface area contributed by atoms with E-state index in [4.69, 9.17) is 28.9 Å². The molecule has 2 rings (SSSR count). The Kier molecular flexibility index (Phi) is 5.39. The van der Waals surface area contributed by atoms with Crippen molar-refractivity contribution in [3.05, 3.63) is 33.8 Å². The second-order valence-corrected chi connectivity index (χ2v) is 5.02. The SMILES string of the molecule is Cl.N[C@H](c1c(Cl)cccc1Cl)C1CCCC1. The van der Waals surface area contributed by atoms with Crippen LogP contribution in [0.4, 0.5) is 0 Å². The first-order chi connectivity index (χ1) is 7.20. The molecule has 1 nitrogen and oxygen atoms in total. The van der Waals surface area contributed by atoms with Gasteiger partial charge in [-0.2, -0.15) is 0 Å². The largest absolute Gasteiger partial charge is 0.324 e. The summed E-state index contributed by atoms with van der Waals surface area (Å²) in [6, 6.07) is 5.57. The molecule has 0 unspecified atom stereocenters. The molecular weight excluding hydrogens is 264 g/mol. The van der Waals surface area contributed by atoms with Crippen LogP contribution in [0.25, 0.3) is 0 Å². The van der Waals surface area contributed by atoms with Crippen LogP contribution in [-0.2, 0) is 0 Å². The predicted molar refractivity (Wildman–Crippen MR) is 72.6 cm³/mol. The maximum absolute atomic E-state index is 6.23. The summed E-state index contributed by atoms with van der Waals surface area (Å²) >= 11 is 12.3. The molecule has 0 radical (unpaired) electrons. The van der Waals surface area contributed by atoms with E-state index < -0.39 is 0 Å². The molecule has 1 aromatic carbocycles. The lowest BCUT2D eigenvalue weighted by atomic mass is 9.92. The van der Waals surface area contributed by atoms with Gasteiger partial charge < -0.3 is 5.73 Å². The molecule has 1 aliphatic carbocycles. The van der Waals surface area contributed by atoms with Gasteiger partial charge in [0, 0.05) is 21.7 Å². The van der Waals surface area contributed by atoms with Gasteiger partial charge in [0.1, 0.15) is 0 Å². The number of hydrogen-bond donors (Lipinski definition) is 1. The van der Waals surface area contributed by atoms with Crippen molar-refractivity contribution in [3.63, 3.8) is 0 Å². The molecule has 0 aliphatic heterocycles. The number of rotatable bonds is 2. The zero-order chi connectivity index (χ0) is 10.8. The highest BCUT2D eigenvalue weighted by Gasteiger charge is 2.26. The van der Waals surface area contributed by atoms with E-state index in [1.807, 2.05) is 18.2 Å². The van der Waals surface area contributed by atoms with Crippen LogP contribution in [0.5, 0.6) is 0 Å². The monoisotopic (exact) mass is 279 g/mol. The average molecular weight is 281 g/mol. The molecule has 0 spiro atoms. The third-order valence-corrected chi connectivity index (χ3v) is 3.90. The van der Waals surface area contributed by atoms with E-state index in [-0.39, 0.29) is 18.4 Å². The Morgan fingerprint density at radius 1 is 1.12 bits per heavy atom. The van der Waals surface area contributed by atoms with Crippen molar-refractivity contribution in [1.29, 1.82) is 0 Å². The first kappa shape index (κ1) is 14.1. The van der Waals surface area contributed by atoms with Gasteiger partial charge in [-0.1, -0.05) is 42.1 Å². The molecule has 90 valence electrons. The van der Waals surface area contributed by atoms with E-state index in [9.17, 15) is 0 Å². The highest BCUT2D eigenvalue weighted by atomic mass is 35.5. The van der Waals surface area contributed by atoms with Gasteiger partial charge >= 0.3 is 0 Å². The summed E-state index contributed by atoms with van der Waals surface area (Å²) in [4.78, 5) is 0. The van der Waals surface area contributed by atoms with Crippen LogP contribution in [0, 0.1) is 5.92 Å². The quantitative estimate of drug-likeness (QED) is 0.841. The molecular formula is C12H16Cl3N. The Hall–Kier alpha value is 0.0500. The van der Waals surface area contributed by atoms with Gasteiger partial charge in [0.15, 0.2) is 0 Å². The maximum Gasteiger partial charge on any atom is 0.0468 e. The summed E-state index contributed by atoms with van der Waals surface area (Å²) in [5.41, 5.74) is 7.16. The number of hydrogen-bond acceptors (Lipinski definition) is 1. The third kappa shape index (κ3) is 2.84. The van der Waals surface area contributed by atoms with E-state index >= 15 is 0 Å².